The molecule has 3 heteroatoms. The van der Waals surface area contributed by atoms with Crippen LogP contribution in [0, 0.1) is 12.8 Å². The van der Waals surface area contributed by atoms with Crippen LogP contribution in [0.4, 0.5) is 0 Å². The van der Waals surface area contributed by atoms with Gasteiger partial charge in [0.2, 0.25) is 0 Å². The Balaban J connectivity index is 0.000000640. The van der Waals surface area contributed by atoms with Crippen LogP contribution >= 0.6 is 0 Å². The van der Waals surface area contributed by atoms with Crippen molar-refractivity contribution in [1.82, 2.24) is 10.2 Å². The zero-order chi connectivity index (χ0) is 5.82. The Labute approximate surface area is 79.3 Å². The third-order valence-corrected chi connectivity index (χ3v) is 0.737. The second-order valence-electron chi connectivity index (χ2n) is 1.27. The van der Waals surface area contributed by atoms with Crippen LogP contribution in [0.25, 0.3) is 6.08 Å². The summed E-state index contributed by atoms with van der Waals surface area (Å²) in [6.07, 6.45) is 5.57. The molecule has 1 aromatic heterocycles. The van der Waals surface area contributed by atoms with Gasteiger partial charge in [0.05, 0.1) is 0 Å². The van der Waals surface area contributed by atoms with Crippen LogP contribution in [0.2, 0.25) is 0 Å². The molecular formula is C6H4N2Y-2. The molecule has 43 valence electrons. The van der Waals surface area contributed by atoms with Crippen molar-refractivity contribution in [1.29, 1.82) is 0 Å². The first-order chi connectivity index (χ1) is 3.93. The number of nitrogens with zero attached hydrogens (tertiary/aromatic N) is 2. The van der Waals surface area contributed by atoms with Gasteiger partial charge < -0.3 is 18.2 Å². The Morgan fingerprint density at radius 1 is 1.67 bits per heavy atom. The molecule has 1 aromatic rings. The first-order valence-electron chi connectivity index (χ1n) is 2.18. The molecule has 0 atom stereocenters. The molecule has 0 spiro atoms. The molecule has 0 unspecified atom stereocenters. The van der Waals surface area contributed by atoms with Crippen LogP contribution < -0.4 is 0 Å². The van der Waals surface area contributed by atoms with Gasteiger partial charge in [-0.3, -0.25) is 5.10 Å². The molecule has 0 N–H and O–H groups in total. The number of hydrogen-bond donors (Lipinski definition) is 0. The third-order valence-electron chi connectivity index (χ3n) is 0.737. The molecule has 0 fully saturated rings. The average Bonchev–Trinajstić information content (AvgIpc) is 1.90. The van der Waals surface area contributed by atoms with E-state index in [2.05, 4.69) is 16.4 Å². The Morgan fingerprint density at radius 2 is 2.44 bits per heavy atom. The van der Waals surface area contributed by atoms with Gasteiger partial charge in [0.15, 0.2) is 0 Å². The van der Waals surface area contributed by atoms with Gasteiger partial charge in [-0.2, -0.15) is 5.10 Å². The van der Waals surface area contributed by atoms with E-state index in [-0.39, 0.29) is 32.7 Å². The number of rotatable bonds is 1. The summed E-state index contributed by atoms with van der Waals surface area (Å²) in [5.41, 5.74) is 0.764. The van der Waals surface area contributed by atoms with E-state index in [0.717, 1.165) is 5.56 Å². The molecule has 0 aliphatic rings. The molecule has 0 bridgehead atoms. The fraction of sp³-hybridized carbons (Fsp3) is 0. The minimum atomic E-state index is 0. The topological polar surface area (TPSA) is 25.8 Å². The molecule has 0 aliphatic carbocycles. The normalized spacial score (nSPS) is 7.56. The predicted octanol–water partition coefficient (Wildman–Crippen LogP) is 0.720. The Bertz CT molecular complexity index is 174. The van der Waals surface area contributed by atoms with Gasteiger partial charge in [-0.25, -0.2) is 6.07 Å². The quantitative estimate of drug-likeness (QED) is 0.614. The van der Waals surface area contributed by atoms with Crippen molar-refractivity contribution in [2.45, 2.75) is 0 Å². The zero-order valence-electron chi connectivity index (χ0n) is 4.78. The van der Waals surface area contributed by atoms with Crippen LogP contribution in [0.5, 0.6) is 0 Å². The first-order valence-corrected chi connectivity index (χ1v) is 2.18. The van der Waals surface area contributed by atoms with Crippen molar-refractivity contribution in [3.05, 3.63) is 30.6 Å². The van der Waals surface area contributed by atoms with E-state index in [9.17, 15) is 0 Å². The summed E-state index contributed by atoms with van der Waals surface area (Å²) in [6.45, 7) is 5.13. The standard InChI is InChI=1S/C6H4N2.Y/c1-2-6-3-4-7-8-5-6;/h1-4H;/q-2;. The summed E-state index contributed by atoms with van der Waals surface area (Å²) in [5.74, 6) is 0. The van der Waals surface area contributed by atoms with Gasteiger partial charge in [-0.15, -0.1) is 6.20 Å². The molecule has 1 heterocycles. The van der Waals surface area contributed by atoms with E-state index in [1.54, 1.807) is 12.3 Å². The SMILES string of the molecule is [CH-]=Cc1[c-]nncc1.[Y]. The van der Waals surface area contributed by atoms with Crippen LogP contribution in [0.1, 0.15) is 5.56 Å². The summed E-state index contributed by atoms with van der Waals surface area (Å²) in [7, 11) is 0. The van der Waals surface area contributed by atoms with E-state index in [1.807, 2.05) is 0 Å². The van der Waals surface area contributed by atoms with Crippen LogP contribution in [-0.4, -0.2) is 10.2 Å². The molecule has 1 rings (SSSR count). The minimum absolute atomic E-state index is 0. The van der Waals surface area contributed by atoms with Crippen molar-refractivity contribution < 1.29 is 32.7 Å². The number of aromatic nitrogens is 2. The van der Waals surface area contributed by atoms with Gasteiger partial charge in [0.1, 0.15) is 0 Å². The zero-order valence-corrected chi connectivity index (χ0v) is 7.62. The van der Waals surface area contributed by atoms with Gasteiger partial charge in [0.25, 0.3) is 0 Å². The second-order valence-corrected chi connectivity index (χ2v) is 1.27. The molecule has 0 saturated carbocycles. The summed E-state index contributed by atoms with van der Waals surface area (Å²) < 4.78 is 0. The fourth-order valence-corrected chi connectivity index (χ4v) is 0.364. The van der Waals surface area contributed by atoms with Gasteiger partial charge in [0, 0.05) is 32.7 Å². The second kappa shape index (κ2) is 4.77. The Morgan fingerprint density at radius 3 is 2.78 bits per heavy atom. The minimum Gasteiger partial charge on any atom is -0.361 e. The Kier molecular flexibility index (Phi) is 4.73. The van der Waals surface area contributed by atoms with Crippen molar-refractivity contribution in [2.24, 2.45) is 0 Å². The van der Waals surface area contributed by atoms with E-state index < -0.39 is 0 Å². The van der Waals surface area contributed by atoms with E-state index in [1.165, 1.54) is 6.08 Å². The fourth-order valence-electron chi connectivity index (χ4n) is 0.364. The van der Waals surface area contributed by atoms with Gasteiger partial charge in [-0.1, -0.05) is 0 Å². The molecule has 0 aliphatic heterocycles. The summed E-state index contributed by atoms with van der Waals surface area (Å²) >= 11 is 0. The maximum Gasteiger partial charge on any atom is 0 e. The molecule has 0 aromatic carbocycles. The summed E-state index contributed by atoms with van der Waals surface area (Å²) in [4.78, 5) is 0. The van der Waals surface area contributed by atoms with E-state index in [4.69, 9.17) is 6.58 Å². The number of hydrogen-bond acceptors (Lipinski definition) is 2. The maximum absolute atomic E-state index is 5.13. The Hall–Kier alpha value is -0.0761. The largest absolute Gasteiger partial charge is 0.361 e. The van der Waals surface area contributed by atoms with E-state index >= 15 is 0 Å². The third kappa shape index (κ3) is 2.82. The maximum atomic E-state index is 5.13. The van der Waals surface area contributed by atoms with Crippen molar-refractivity contribution in [2.75, 3.05) is 0 Å². The van der Waals surface area contributed by atoms with Crippen molar-refractivity contribution in [3.63, 3.8) is 0 Å². The molecule has 0 amide bonds. The predicted molar refractivity (Wildman–Crippen MR) is 29.6 cm³/mol. The van der Waals surface area contributed by atoms with Crippen LogP contribution in [0.3, 0.4) is 0 Å². The van der Waals surface area contributed by atoms with Gasteiger partial charge in [-0.05, 0) is 6.20 Å². The molecule has 2 nitrogen and oxygen atoms in total. The van der Waals surface area contributed by atoms with Crippen LogP contribution in [0.15, 0.2) is 12.3 Å². The molecule has 0 saturated heterocycles. The molecule has 9 heavy (non-hydrogen) atoms. The van der Waals surface area contributed by atoms with E-state index in [0.29, 0.717) is 0 Å². The first kappa shape index (κ1) is 8.92. The average molecular weight is 193 g/mol. The molecular weight excluding hydrogens is 189 g/mol. The summed E-state index contributed by atoms with van der Waals surface area (Å²) in [6, 6.07) is 1.73. The summed E-state index contributed by atoms with van der Waals surface area (Å²) in [5, 5.41) is 6.98. The van der Waals surface area contributed by atoms with Gasteiger partial charge >= 0.3 is 0 Å². The molecule has 1 radical (unpaired) electrons. The van der Waals surface area contributed by atoms with Crippen molar-refractivity contribution >= 4 is 6.08 Å². The van der Waals surface area contributed by atoms with Crippen LogP contribution in [-0.2, 0) is 32.7 Å². The van der Waals surface area contributed by atoms with Crippen molar-refractivity contribution in [3.8, 4) is 0 Å². The monoisotopic (exact) mass is 193 g/mol. The smallest absolute Gasteiger partial charge is 0 e.